The number of methoxy groups -OCH3 is 1. The van der Waals surface area contributed by atoms with Crippen molar-refractivity contribution >= 4 is 23.0 Å². The van der Waals surface area contributed by atoms with Gasteiger partial charge in [0.25, 0.3) is 0 Å². The van der Waals surface area contributed by atoms with Crippen LogP contribution in [0.4, 0.5) is 0 Å². The van der Waals surface area contributed by atoms with Gasteiger partial charge in [0.2, 0.25) is 0 Å². The average Bonchev–Trinajstić information content (AvgIpc) is 3.34. The Kier molecular flexibility index (Phi) is 3.86. The first-order chi connectivity index (χ1) is 13.6. The van der Waals surface area contributed by atoms with Crippen LogP contribution in [0.25, 0.3) is 11.0 Å². The molecule has 2 atom stereocenters. The summed E-state index contributed by atoms with van der Waals surface area (Å²) in [5.41, 5.74) is 4.60. The number of fused-ring (bicyclic) bond motifs is 6. The molecule has 1 fully saturated rings. The van der Waals surface area contributed by atoms with Gasteiger partial charge in [-0.05, 0) is 61.7 Å². The molecular formula is C22H18N2O4. The van der Waals surface area contributed by atoms with Gasteiger partial charge in [-0.2, -0.15) is 0 Å². The third kappa shape index (κ3) is 2.72. The van der Waals surface area contributed by atoms with Crippen molar-refractivity contribution in [1.82, 2.24) is 9.97 Å². The van der Waals surface area contributed by atoms with Crippen LogP contribution in [-0.2, 0) is 4.74 Å². The van der Waals surface area contributed by atoms with Gasteiger partial charge in [0, 0.05) is 11.8 Å². The maximum absolute atomic E-state index is 12.5. The molecule has 2 aliphatic carbocycles. The molecule has 0 spiro atoms. The highest BCUT2D eigenvalue weighted by molar-refractivity contribution is 5.95. The Labute approximate surface area is 161 Å². The molecule has 1 heterocycles. The Morgan fingerprint density at radius 2 is 1.50 bits per heavy atom. The van der Waals surface area contributed by atoms with Gasteiger partial charge in [-0.15, -0.1) is 0 Å². The van der Waals surface area contributed by atoms with Crippen LogP contribution in [0.2, 0.25) is 0 Å². The minimum atomic E-state index is -0.475. The van der Waals surface area contributed by atoms with Crippen molar-refractivity contribution in [3.63, 3.8) is 0 Å². The van der Waals surface area contributed by atoms with Crippen LogP contribution >= 0.6 is 0 Å². The van der Waals surface area contributed by atoms with Gasteiger partial charge in [0.15, 0.2) is 0 Å². The molecule has 0 radical (unpaired) electrons. The molecule has 0 saturated heterocycles. The molecule has 3 aromatic rings. The van der Waals surface area contributed by atoms with Crippen LogP contribution in [0.1, 0.15) is 63.2 Å². The molecule has 6 nitrogen and oxygen atoms in total. The van der Waals surface area contributed by atoms with Crippen LogP contribution in [0.15, 0.2) is 42.5 Å². The van der Waals surface area contributed by atoms with E-state index in [1.165, 1.54) is 20.0 Å². The van der Waals surface area contributed by atoms with Gasteiger partial charge < -0.3 is 9.47 Å². The Bertz CT molecular complexity index is 1110. The topological polar surface area (TPSA) is 78.4 Å². The van der Waals surface area contributed by atoms with Crippen LogP contribution in [-0.4, -0.2) is 29.0 Å². The first-order valence-corrected chi connectivity index (χ1v) is 9.34. The molecule has 5 rings (SSSR count). The van der Waals surface area contributed by atoms with Crippen molar-refractivity contribution in [2.24, 2.45) is 0 Å². The zero-order valence-corrected chi connectivity index (χ0v) is 15.3. The van der Waals surface area contributed by atoms with E-state index >= 15 is 0 Å². The molecule has 0 amide bonds. The van der Waals surface area contributed by atoms with Crippen LogP contribution in [0.5, 0.6) is 5.75 Å². The molecule has 2 aliphatic rings. The third-order valence-corrected chi connectivity index (χ3v) is 5.65. The van der Waals surface area contributed by atoms with E-state index in [1.807, 2.05) is 6.07 Å². The minimum Gasteiger partial charge on any atom is -0.465 e. The highest BCUT2D eigenvalue weighted by Crippen LogP contribution is 2.51. The lowest BCUT2D eigenvalue weighted by molar-refractivity contribution is 0.0600. The molecule has 140 valence electrons. The monoisotopic (exact) mass is 374 g/mol. The van der Waals surface area contributed by atoms with Crippen LogP contribution < -0.4 is 4.74 Å². The molecule has 0 aliphatic heterocycles. The summed E-state index contributed by atoms with van der Waals surface area (Å²) >= 11 is 0. The lowest BCUT2D eigenvalue weighted by Gasteiger charge is -2.14. The quantitative estimate of drug-likeness (QED) is 0.509. The van der Waals surface area contributed by atoms with Gasteiger partial charge in [-0.25, -0.2) is 19.6 Å². The Hall–Kier alpha value is -3.28. The number of carbonyl (C=O) groups excluding carboxylic acids is 2. The summed E-state index contributed by atoms with van der Waals surface area (Å²) in [4.78, 5) is 33.6. The normalized spacial score (nSPS) is 19.5. The fraction of sp³-hybridized carbons (Fsp3) is 0.273. The molecule has 0 N–H and O–H groups in total. The number of hydrogen-bond acceptors (Lipinski definition) is 6. The summed E-state index contributed by atoms with van der Waals surface area (Å²) in [6.07, 6.45) is 3.54. The predicted octanol–water partition coefficient (Wildman–Crippen LogP) is 4.00. The van der Waals surface area contributed by atoms with E-state index in [0.29, 0.717) is 28.7 Å². The molecule has 2 bridgehead atoms. The number of hydrogen-bond donors (Lipinski definition) is 0. The predicted molar refractivity (Wildman–Crippen MR) is 102 cm³/mol. The summed E-state index contributed by atoms with van der Waals surface area (Å²) < 4.78 is 10.1. The Morgan fingerprint density at radius 1 is 0.857 bits per heavy atom. The first kappa shape index (κ1) is 16.9. The third-order valence-electron chi connectivity index (χ3n) is 5.65. The van der Waals surface area contributed by atoms with E-state index in [4.69, 9.17) is 14.7 Å². The summed E-state index contributed by atoms with van der Waals surface area (Å²) in [6, 6.07) is 11.5. The highest BCUT2D eigenvalue weighted by atomic mass is 16.5. The van der Waals surface area contributed by atoms with E-state index in [2.05, 4.69) is 4.74 Å². The maximum atomic E-state index is 12.5. The van der Waals surface area contributed by atoms with Gasteiger partial charge in [0.1, 0.15) is 5.75 Å². The van der Waals surface area contributed by atoms with E-state index < -0.39 is 11.9 Å². The number of esters is 2. The van der Waals surface area contributed by atoms with E-state index in [1.54, 1.807) is 36.4 Å². The molecule has 2 aromatic carbocycles. The standard InChI is InChI=1S/C22H18N2O4/c1-27-21(25)12-4-7-16(8-5-12)28-22(26)15-6-9-17-18(11-15)24-20-14-3-2-13(10-14)19(20)23-17/h4-9,11,13-14H,2-3,10H2,1H3. The number of rotatable bonds is 3. The van der Waals surface area contributed by atoms with Gasteiger partial charge in [-0.3, -0.25) is 0 Å². The average molecular weight is 374 g/mol. The van der Waals surface area contributed by atoms with Gasteiger partial charge >= 0.3 is 11.9 Å². The minimum absolute atomic E-state index is 0.357. The van der Waals surface area contributed by atoms with Crippen molar-refractivity contribution in [3.05, 3.63) is 65.0 Å². The molecule has 1 aromatic heterocycles. The Balaban J connectivity index is 1.40. The number of benzene rings is 2. The van der Waals surface area contributed by atoms with E-state index in [0.717, 1.165) is 28.8 Å². The van der Waals surface area contributed by atoms with Crippen molar-refractivity contribution in [3.8, 4) is 5.75 Å². The zero-order chi connectivity index (χ0) is 19.3. The van der Waals surface area contributed by atoms with Crippen molar-refractivity contribution in [2.75, 3.05) is 7.11 Å². The van der Waals surface area contributed by atoms with Gasteiger partial charge in [-0.1, -0.05) is 0 Å². The number of ether oxygens (including phenoxy) is 2. The fourth-order valence-corrected chi connectivity index (χ4v) is 4.23. The lowest BCUT2D eigenvalue weighted by Crippen LogP contribution is -2.10. The van der Waals surface area contributed by atoms with Crippen molar-refractivity contribution in [1.29, 1.82) is 0 Å². The number of carbonyl (C=O) groups is 2. The molecule has 2 unspecified atom stereocenters. The van der Waals surface area contributed by atoms with E-state index in [9.17, 15) is 9.59 Å². The van der Waals surface area contributed by atoms with Crippen LogP contribution in [0, 0.1) is 0 Å². The van der Waals surface area contributed by atoms with E-state index in [-0.39, 0.29) is 0 Å². The largest absolute Gasteiger partial charge is 0.465 e. The molecular weight excluding hydrogens is 356 g/mol. The number of nitrogens with zero attached hydrogens (tertiary/aromatic N) is 2. The number of aromatic nitrogens is 2. The second kappa shape index (κ2) is 6.41. The maximum Gasteiger partial charge on any atom is 0.343 e. The second-order valence-corrected chi connectivity index (χ2v) is 7.31. The van der Waals surface area contributed by atoms with Crippen molar-refractivity contribution in [2.45, 2.75) is 31.1 Å². The second-order valence-electron chi connectivity index (χ2n) is 7.31. The SMILES string of the molecule is COC(=O)c1ccc(OC(=O)c2ccc3nc4c(nc3c2)C2CCC4C2)cc1. The molecule has 1 saturated carbocycles. The summed E-state index contributed by atoms with van der Waals surface area (Å²) in [7, 11) is 1.32. The lowest BCUT2D eigenvalue weighted by atomic mass is 10.00. The molecule has 28 heavy (non-hydrogen) atoms. The zero-order valence-electron chi connectivity index (χ0n) is 15.3. The Morgan fingerprint density at radius 3 is 2.18 bits per heavy atom. The summed E-state index contributed by atoms with van der Waals surface area (Å²) in [5.74, 6) is 0.509. The highest BCUT2D eigenvalue weighted by Gasteiger charge is 2.39. The van der Waals surface area contributed by atoms with Crippen molar-refractivity contribution < 1.29 is 19.1 Å². The molecule has 6 heteroatoms. The summed E-state index contributed by atoms with van der Waals surface area (Å²) in [5, 5.41) is 0. The first-order valence-electron chi connectivity index (χ1n) is 9.34. The smallest absolute Gasteiger partial charge is 0.343 e. The van der Waals surface area contributed by atoms with Gasteiger partial charge in [0.05, 0.1) is 40.7 Å². The fourth-order valence-electron chi connectivity index (χ4n) is 4.23. The van der Waals surface area contributed by atoms with Crippen LogP contribution in [0.3, 0.4) is 0 Å². The summed E-state index contributed by atoms with van der Waals surface area (Å²) in [6.45, 7) is 0.